The number of nitrogens with zero attached hydrogens (tertiary/aromatic N) is 1. The van der Waals surface area contributed by atoms with Gasteiger partial charge in [0, 0.05) is 6.07 Å². The van der Waals surface area contributed by atoms with E-state index in [0.717, 1.165) is 11.1 Å². The van der Waals surface area contributed by atoms with Crippen molar-refractivity contribution in [1.29, 1.82) is 0 Å². The van der Waals surface area contributed by atoms with E-state index in [1.54, 1.807) is 30.3 Å². The van der Waals surface area contributed by atoms with Gasteiger partial charge in [0.05, 0.1) is 15.0 Å². The molecule has 116 valence electrons. The molecule has 0 aliphatic rings. The van der Waals surface area contributed by atoms with E-state index < -0.39 is 4.92 Å². The smallest absolute Gasteiger partial charge is 0.311 e. The second kappa shape index (κ2) is 7.45. The number of benzene rings is 2. The number of halogens is 2. The van der Waals surface area contributed by atoms with Crippen LogP contribution < -0.4 is 10.5 Å². The number of nitrogens with two attached hydrogens (primary N) is 1. The zero-order valence-corrected chi connectivity index (χ0v) is 13.1. The number of nitro groups is 1. The van der Waals surface area contributed by atoms with Crippen molar-refractivity contribution >= 4 is 28.9 Å². The highest BCUT2D eigenvalue weighted by Crippen LogP contribution is 2.29. The Hall–Kier alpha value is -1.82. The molecule has 0 atom stereocenters. The summed E-state index contributed by atoms with van der Waals surface area (Å²) in [5.74, 6) is 0.205. The molecule has 0 aliphatic heterocycles. The Morgan fingerprint density at radius 1 is 1.09 bits per heavy atom. The van der Waals surface area contributed by atoms with Gasteiger partial charge < -0.3 is 10.5 Å². The van der Waals surface area contributed by atoms with Crippen molar-refractivity contribution in [3.05, 3.63) is 67.7 Å². The van der Waals surface area contributed by atoms with Crippen molar-refractivity contribution in [3.63, 3.8) is 0 Å². The predicted molar refractivity (Wildman–Crippen MR) is 86.6 cm³/mol. The van der Waals surface area contributed by atoms with E-state index in [2.05, 4.69) is 0 Å². The molecule has 0 saturated heterocycles. The lowest BCUT2D eigenvalue weighted by Crippen LogP contribution is -2.04. The summed E-state index contributed by atoms with van der Waals surface area (Å²) in [5.41, 5.74) is 6.96. The molecule has 0 radical (unpaired) electrons. The van der Waals surface area contributed by atoms with Crippen LogP contribution in [0.4, 0.5) is 5.69 Å². The van der Waals surface area contributed by atoms with Crippen LogP contribution in [0, 0.1) is 10.1 Å². The quantitative estimate of drug-likeness (QED) is 0.637. The molecule has 0 heterocycles. The first-order valence-electron chi connectivity index (χ1n) is 6.55. The first kappa shape index (κ1) is 16.5. The summed E-state index contributed by atoms with van der Waals surface area (Å²) in [6.45, 7) is 0.592. The third-order valence-electron chi connectivity index (χ3n) is 3.03. The molecule has 0 bridgehead atoms. The number of nitro benzene ring substituents is 1. The molecule has 2 aromatic rings. The van der Waals surface area contributed by atoms with E-state index >= 15 is 0 Å². The molecule has 2 N–H and O–H groups in total. The summed E-state index contributed by atoms with van der Waals surface area (Å²) in [5, 5.41) is 12.0. The Morgan fingerprint density at radius 3 is 2.45 bits per heavy atom. The lowest BCUT2D eigenvalue weighted by molar-refractivity contribution is -0.386. The van der Waals surface area contributed by atoms with Crippen LogP contribution in [0.2, 0.25) is 10.0 Å². The molecule has 2 aromatic carbocycles. The maximum atomic E-state index is 11.1. The second-order valence-corrected chi connectivity index (χ2v) is 5.45. The Balaban J connectivity index is 2.17. The van der Waals surface area contributed by atoms with Crippen LogP contribution in [0.5, 0.6) is 5.75 Å². The van der Waals surface area contributed by atoms with Gasteiger partial charge in [0.25, 0.3) is 0 Å². The third-order valence-corrected chi connectivity index (χ3v) is 3.77. The maximum absolute atomic E-state index is 11.1. The van der Waals surface area contributed by atoms with Crippen LogP contribution in [-0.4, -0.2) is 11.5 Å². The average Bonchev–Trinajstić information content (AvgIpc) is 2.49. The van der Waals surface area contributed by atoms with Crippen LogP contribution in [0.15, 0.2) is 36.4 Å². The lowest BCUT2D eigenvalue weighted by atomic mass is 10.1. The fraction of sp³-hybridized carbons (Fsp3) is 0.200. The van der Waals surface area contributed by atoms with Crippen molar-refractivity contribution in [3.8, 4) is 5.75 Å². The van der Waals surface area contributed by atoms with E-state index in [1.807, 2.05) is 0 Å². The van der Waals surface area contributed by atoms with Crippen LogP contribution in [0.3, 0.4) is 0 Å². The van der Waals surface area contributed by atoms with E-state index in [-0.39, 0.29) is 18.0 Å². The first-order chi connectivity index (χ1) is 10.5. The van der Waals surface area contributed by atoms with Gasteiger partial charge in [-0.15, -0.1) is 0 Å². The Kier molecular flexibility index (Phi) is 5.60. The fourth-order valence-electron chi connectivity index (χ4n) is 1.94. The van der Waals surface area contributed by atoms with Gasteiger partial charge in [0.1, 0.15) is 6.61 Å². The molecular weight excluding hydrogens is 327 g/mol. The minimum atomic E-state index is -0.468. The number of ether oxygens (including phenoxy) is 1. The highest BCUT2D eigenvalue weighted by molar-refractivity contribution is 6.42. The molecule has 7 heteroatoms. The first-order valence-corrected chi connectivity index (χ1v) is 7.31. The molecule has 0 spiro atoms. The van der Waals surface area contributed by atoms with E-state index in [9.17, 15) is 10.1 Å². The Labute approximate surface area is 137 Å². The second-order valence-electron chi connectivity index (χ2n) is 4.63. The lowest BCUT2D eigenvalue weighted by Gasteiger charge is -2.09. The molecule has 0 fully saturated rings. The standard InChI is InChI=1S/C15H14Cl2N2O3/c16-12-3-1-11(7-13(12)17)9-22-15-4-2-10(5-6-18)8-14(15)19(20)21/h1-4,7-8H,5-6,9,18H2. The highest BCUT2D eigenvalue weighted by atomic mass is 35.5. The molecule has 0 amide bonds. The minimum absolute atomic E-state index is 0.0778. The largest absolute Gasteiger partial charge is 0.482 e. The van der Waals surface area contributed by atoms with Crippen LogP contribution >= 0.6 is 23.2 Å². The summed E-state index contributed by atoms with van der Waals surface area (Å²) in [6, 6.07) is 9.91. The minimum Gasteiger partial charge on any atom is -0.482 e. The zero-order chi connectivity index (χ0) is 16.1. The fourth-order valence-corrected chi connectivity index (χ4v) is 2.26. The number of hydrogen-bond donors (Lipinski definition) is 1. The Morgan fingerprint density at radius 2 is 1.82 bits per heavy atom. The highest BCUT2D eigenvalue weighted by Gasteiger charge is 2.16. The molecule has 5 nitrogen and oxygen atoms in total. The number of hydrogen-bond acceptors (Lipinski definition) is 4. The van der Waals surface area contributed by atoms with Crippen molar-refractivity contribution in [2.24, 2.45) is 5.73 Å². The molecule has 0 aromatic heterocycles. The molecule has 22 heavy (non-hydrogen) atoms. The zero-order valence-electron chi connectivity index (χ0n) is 11.6. The molecule has 0 saturated carbocycles. The van der Waals surface area contributed by atoms with Gasteiger partial charge in [-0.25, -0.2) is 0 Å². The summed E-state index contributed by atoms with van der Waals surface area (Å²) in [7, 11) is 0. The van der Waals surface area contributed by atoms with Gasteiger partial charge in [-0.2, -0.15) is 0 Å². The van der Waals surface area contributed by atoms with Crippen molar-refractivity contribution in [2.75, 3.05) is 6.54 Å². The molecule has 2 rings (SSSR count). The Bertz CT molecular complexity index is 692. The van der Waals surface area contributed by atoms with E-state index in [0.29, 0.717) is 23.0 Å². The summed E-state index contributed by atoms with van der Waals surface area (Å²) >= 11 is 11.8. The molecule has 0 aliphatic carbocycles. The van der Waals surface area contributed by atoms with Gasteiger partial charge in [-0.05, 0) is 42.3 Å². The van der Waals surface area contributed by atoms with Gasteiger partial charge in [-0.1, -0.05) is 35.3 Å². The third kappa shape index (κ3) is 4.10. The SMILES string of the molecule is NCCc1ccc(OCc2ccc(Cl)c(Cl)c2)c([N+](=O)[O-])c1. The van der Waals surface area contributed by atoms with Crippen molar-refractivity contribution < 1.29 is 9.66 Å². The number of rotatable bonds is 6. The van der Waals surface area contributed by atoms with Gasteiger partial charge in [0.2, 0.25) is 0 Å². The van der Waals surface area contributed by atoms with Gasteiger partial charge >= 0.3 is 5.69 Å². The predicted octanol–water partition coefficient (Wildman–Crippen LogP) is 3.98. The van der Waals surface area contributed by atoms with Crippen LogP contribution in [0.1, 0.15) is 11.1 Å². The average molecular weight is 341 g/mol. The van der Waals surface area contributed by atoms with E-state index in [1.165, 1.54) is 6.07 Å². The summed E-state index contributed by atoms with van der Waals surface area (Å²) in [4.78, 5) is 10.7. The topological polar surface area (TPSA) is 78.4 Å². The van der Waals surface area contributed by atoms with E-state index in [4.69, 9.17) is 33.7 Å². The molecule has 0 unspecified atom stereocenters. The maximum Gasteiger partial charge on any atom is 0.311 e. The summed E-state index contributed by atoms with van der Waals surface area (Å²) in [6.07, 6.45) is 0.577. The van der Waals surface area contributed by atoms with Crippen LogP contribution in [0.25, 0.3) is 0 Å². The van der Waals surface area contributed by atoms with Crippen LogP contribution in [-0.2, 0) is 13.0 Å². The van der Waals surface area contributed by atoms with Crippen molar-refractivity contribution in [1.82, 2.24) is 0 Å². The van der Waals surface area contributed by atoms with Gasteiger partial charge in [0.15, 0.2) is 5.75 Å². The normalized spacial score (nSPS) is 10.5. The van der Waals surface area contributed by atoms with Gasteiger partial charge in [-0.3, -0.25) is 10.1 Å². The summed E-state index contributed by atoms with van der Waals surface area (Å²) < 4.78 is 5.54. The molecular formula is C15H14Cl2N2O3. The van der Waals surface area contributed by atoms with Crippen molar-refractivity contribution in [2.45, 2.75) is 13.0 Å². The monoisotopic (exact) mass is 340 g/mol.